The van der Waals surface area contributed by atoms with Crippen LogP contribution in [0.15, 0.2) is 65.4 Å². The molecule has 202 valence electrons. The lowest BCUT2D eigenvalue weighted by Crippen LogP contribution is -2.51. The topological polar surface area (TPSA) is 50.2 Å². The molecule has 2 saturated carbocycles. The Bertz CT molecular complexity index is 1440. The Morgan fingerprint density at radius 1 is 1.03 bits per heavy atom. The first-order valence-electron chi connectivity index (χ1n) is 14.7. The maximum atomic E-state index is 12.3. The lowest BCUT2D eigenvalue weighted by atomic mass is 9.51. The number of rotatable bonds is 2. The second-order valence-corrected chi connectivity index (χ2v) is 13.7. The number of nitrogens with zero attached hydrogens (tertiary/aromatic N) is 1. The summed E-state index contributed by atoms with van der Waals surface area (Å²) in [5.41, 5.74) is 7.58. The zero-order valence-electron chi connectivity index (χ0n) is 24.1. The van der Waals surface area contributed by atoms with Crippen LogP contribution in [0.5, 0.6) is 0 Å². The predicted molar refractivity (Wildman–Crippen MR) is 157 cm³/mol. The molecule has 0 spiro atoms. The number of hydrogen-bond donors (Lipinski definition) is 1. The molecule has 1 aromatic heterocycles. The molecule has 0 amide bonds. The van der Waals surface area contributed by atoms with Crippen molar-refractivity contribution in [3.8, 4) is 23.0 Å². The summed E-state index contributed by atoms with van der Waals surface area (Å²) < 4.78 is 0. The summed E-state index contributed by atoms with van der Waals surface area (Å²) in [5, 5.41) is 12.2. The first-order chi connectivity index (χ1) is 18.5. The molecule has 0 saturated heterocycles. The molecule has 0 aliphatic heterocycles. The molecule has 1 aromatic carbocycles. The van der Waals surface area contributed by atoms with Crippen molar-refractivity contribution in [2.24, 2.45) is 22.7 Å². The Morgan fingerprint density at radius 3 is 2.51 bits per heavy atom. The normalized spacial score (nSPS) is 32.0. The summed E-state index contributed by atoms with van der Waals surface area (Å²) in [5.74, 6) is 8.17. The minimum Gasteiger partial charge on any atom is -0.377 e. The van der Waals surface area contributed by atoms with E-state index in [4.69, 9.17) is 0 Å². The highest BCUT2D eigenvalue weighted by atomic mass is 16.3. The van der Waals surface area contributed by atoms with Gasteiger partial charge in [-0.25, -0.2) is 0 Å². The third-order valence-electron chi connectivity index (χ3n) is 10.1. The summed E-state index contributed by atoms with van der Waals surface area (Å²) in [6.45, 7) is 10.7. The zero-order valence-corrected chi connectivity index (χ0v) is 24.1. The first kappa shape index (κ1) is 26.3. The van der Waals surface area contributed by atoms with Gasteiger partial charge in [0.1, 0.15) is 5.60 Å². The van der Waals surface area contributed by atoms with Gasteiger partial charge in [-0.1, -0.05) is 48.6 Å². The van der Waals surface area contributed by atoms with Crippen molar-refractivity contribution < 1.29 is 9.90 Å². The van der Waals surface area contributed by atoms with Gasteiger partial charge in [0.25, 0.3) is 0 Å². The predicted octanol–water partition coefficient (Wildman–Crippen LogP) is 7.74. The van der Waals surface area contributed by atoms with Crippen LogP contribution in [-0.4, -0.2) is 21.5 Å². The highest BCUT2D eigenvalue weighted by Crippen LogP contribution is 2.66. The van der Waals surface area contributed by atoms with E-state index in [0.717, 1.165) is 44.2 Å². The van der Waals surface area contributed by atoms with Crippen molar-refractivity contribution in [2.75, 3.05) is 0 Å². The van der Waals surface area contributed by atoms with Crippen LogP contribution >= 0.6 is 0 Å². The van der Waals surface area contributed by atoms with Crippen LogP contribution in [0.2, 0.25) is 0 Å². The number of aromatic nitrogens is 1. The highest BCUT2D eigenvalue weighted by molar-refractivity contribution is 5.93. The van der Waals surface area contributed by atoms with Gasteiger partial charge in [0, 0.05) is 35.1 Å². The van der Waals surface area contributed by atoms with Gasteiger partial charge in [-0.15, -0.1) is 0 Å². The maximum absolute atomic E-state index is 12.3. The number of carbonyl (C=O) groups is 1. The second kappa shape index (κ2) is 9.31. The molecule has 2 aromatic rings. The third kappa shape index (κ3) is 4.52. The molecule has 1 N–H and O–H groups in total. The monoisotopic (exact) mass is 519 g/mol. The van der Waals surface area contributed by atoms with Crippen molar-refractivity contribution in [3.05, 3.63) is 76.6 Å². The third-order valence-corrected chi connectivity index (χ3v) is 10.1. The van der Waals surface area contributed by atoms with Crippen molar-refractivity contribution in [2.45, 2.75) is 91.1 Å². The average molecular weight is 520 g/mol. The number of hydrogen-bond acceptors (Lipinski definition) is 3. The molecule has 4 aliphatic carbocycles. The summed E-state index contributed by atoms with van der Waals surface area (Å²) in [4.78, 5) is 16.7. The molecule has 0 radical (unpaired) electrons. The quantitative estimate of drug-likeness (QED) is 0.413. The fourth-order valence-corrected chi connectivity index (χ4v) is 8.09. The van der Waals surface area contributed by atoms with Crippen LogP contribution in [0.1, 0.15) is 89.8 Å². The van der Waals surface area contributed by atoms with Gasteiger partial charge in [-0.05, 0) is 124 Å². The molecule has 2 fully saturated rings. The number of benzene rings is 1. The fourth-order valence-electron chi connectivity index (χ4n) is 8.09. The van der Waals surface area contributed by atoms with Crippen molar-refractivity contribution in [1.29, 1.82) is 0 Å². The molecule has 3 nitrogen and oxygen atoms in total. The summed E-state index contributed by atoms with van der Waals surface area (Å²) in [6, 6.07) is 13.3. The fraction of sp³-hybridized carbons (Fsp3) is 0.500. The van der Waals surface area contributed by atoms with Crippen molar-refractivity contribution in [3.63, 3.8) is 0 Å². The van der Waals surface area contributed by atoms with Crippen LogP contribution in [0.4, 0.5) is 0 Å². The van der Waals surface area contributed by atoms with E-state index in [2.05, 4.69) is 80.9 Å². The molecule has 5 atom stereocenters. The standard InChI is InChI=1S/C36H41NO2/c1-23-20-26(15-19-37-23)24-6-8-25(9-7-24)31-22-35(5)32(14-16-36(35,39)18-17-34(2,3)4)30-12-10-27-21-28(38)11-13-29(27)33(30)31/h6-9,15,19-21,30-32,39H,10-14,16,22H2,1-5H3/t30-,31+,32-,35-,36+/m0/s1. The average Bonchev–Trinajstić information content (AvgIpc) is 3.17. The number of pyridine rings is 1. The van der Waals surface area contributed by atoms with E-state index in [1.54, 1.807) is 5.57 Å². The van der Waals surface area contributed by atoms with Crippen LogP contribution in [0.3, 0.4) is 0 Å². The molecule has 39 heavy (non-hydrogen) atoms. The summed E-state index contributed by atoms with van der Waals surface area (Å²) in [6.07, 6.45) is 9.95. The van der Waals surface area contributed by atoms with Gasteiger partial charge in [0.2, 0.25) is 0 Å². The summed E-state index contributed by atoms with van der Waals surface area (Å²) >= 11 is 0. The second-order valence-electron chi connectivity index (χ2n) is 13.7. The highest BCUT2D eigenvalue weighted by Gasteiger charge is 2.62. The molecule has 0 unspecified atom stereocenters. The SMILES string of the molecule is Cc1cc(-c2ccc([C@H]3C[C@@]4(C)[C@@H](CC[C@@]4(O)C#CC(C)(C)C)[C@@H]4CCC5=CC(=O)CCC5=C43)cc2)ccn1. The van der Waals surface area contributed by atoms with Crippen molar-refractivity contribution >= 4 is 5.78 Å². The smallest absolute Gasteiger partial charge is 0.156 e. The number of allylic oxidation sites excluding steroid dienone is 4. The van der Waals surface area contributed by atoms with Gasteiger partial charge in [-0.2, -0.15) is 0 Å². The van der Waals surface area contributed by atoms with Crippen LogP contribution in [0.25, 0.3) is 11.1 Å². The maximum Gasteiger partial charge on any atom is 0.156 e. The number of aryl methyl sites for hydroxylation is 1. The number of fused-ring (bicyclic) bond motifs is 4. The lowest BCUT2D eigenvalue weighted by Gasteiger charge is -2.53. The first-order valence-corrected chi connectivity index (χ1v) is 14.7. The van der Waals surface area contributed by atoms with E-state index in [9.17, 15) is 9.90 Å². The summed E-state index contributed by atoms with van der Waals surface area (Å²) in [7, 11) is 0. The van der Waals surface area contributed by atoms with Gasteiger partial charge >= 0.3 is 0 Å². The van der Waals surface area contributed by atoms with E-state index < -0.39 is 5.60 Å². The molecule has 1 heterocycles. The van der Waals surface area contributed by atoms with Crippen LogP contribution in [-0.2, 0) is 4.79 Å². The molecule has 4 aliphatic rings. The van der Waals surface area contributed by atoms with E-state index in [1.165, 1.54) is 27.8 Å². The van der Waals surface area contributed by atoms with E-state index in [1.807, 2.05) is 19.2 Å². The Balaban J connectivity index is 1.46. The largest absolute Gasteiger partial charge is 0.377 e. The van der Waals surface area contributed by atoms with Crippen LogP contribution < -0.4 is 0 Å². The number of ketones is 1. The lowest BCUT2D eigenvalue weighted by molar-refractivity contribution is -0.114. The van der Waals surface area contributed by atoms with Gasteiger partial charge in [0.15, 0.2) is 5.78 Å². The number of aliphatic hydroxyl groups is 1. The van der Waals surface area contributed by atoms with Gasteiger partial charge in [-0.3, -0.25) is 9.78 Å². The van der Waals surface area contributed by atoms with Crippen molar-refractivity contribution in [1.82, 2.24) is 4.98 Å². The minimum absolute atomic E-state index is 0.147. The van der Waals surface area contributed by atoms with Gasteiger partial charge in [0.05, 0.1) is 0 Å². The molecular weight excluding hydrogens is 478 g/mol. The van der Waals surface area contributed by atoms with Gasteiger partial charge < -0.3 is 5.11 Å². The van der Waals surface area contributed by atoms with E-state index >= 15 is 0 Å². The Hall–Kier alpha value is -2.96. The minimum atomic E-state index is -0.980. The Labute approximate surface area is 233 Å². The zero-order chi connectivity index (χ0) is 27.6. The molecule has 3 heteroatoms. The Kier molecular flexibility index (Phi) is 6.27. The Morgan fingerprint density at radius 2 is 1.79 bits per heavy atom. The van der Waals surface area contributed by atoms with E-state index in [0.29, 0.717) is 18.3 Å². The molecule has 6 rings (SSSR count). The van der Waals surface area contributed by atoms with E-state index in [-0.39, 0.29) is 22.5 Å². The molecular formula is C36H41NO2. The van der Waals surface area contributed by atoms with Crippen LogP contribution in [0, 0.1) is 41.4 Å². The molecule has 0 bridgehead atoms. The number of carbonyl (C=O) groups excluding carboxylic acids is 1.